The summed E-state index contributed by atoms with van der Waals surface area (Å²) < 4.78 is 21.9. The number of rotatable bonds is 10. The SMILES string of the molecule is COc1cc(C(=O)O)ccc1NC(=O)[C@@H]1N[C@@H](CC(C)(C)C)[C@@]2(CN(Cc3ccccc3CC(=O)O)c3cc(Cl)ccc32)[C@H]1c1cccc(Cl)c1F. The molecule has 1 spiro atoms. The number of aromatic carboxylic acids is 1. The van der Waals surface area contributed by atoms with E-state index in [9.17, 15) is 24.6 Å². The third-order valence-corrected chi connectivity index (χ3v) is 10.6. The molecular weight excluding hydrogens is 708 g/mol. The topological polar surface area (TPSA) is 128 Å². The molecule has 0 aliphatic carbocycles. The normalized spacial score (nSPS) is 20.9. The summed E-state index contributed by atoms with van der Waals surface area (Å²) in [5.74, 6) is -3.84. The summed E-state index contributed by atoms with van der Waals surface area (Å²) in [6.07, 6.45) is 0.443. The number of ether oxygens (including phenoxy) is 1. The summed E-state index contributed by atoms with van der Waals surface area (Å²) in [6, 6.07) is 20.6. The van der Waals surface area contributed by atoms with Crippen molar-refractivity contribution in [1.29, 1.82) is 0 Å². The molecule has 272 valence electrons. The van der Waals surface area contributed by atoms with Crippen LogP contribution in [0.25, 0.3) is 0 Å². The van der Waals surface area contributed by atoms with Gasteiger partial charge in [0, 0.05) is 41.2 Å². The molecule has 2 aliphatic heterocycles. The van der Waals surface area contributed by atoms with Crippen LogP contribution in [0.3, 0.4) is 0 Å². The van der Waals surface area contributed by atoms with Gasteiger partial charge in [-0.2, -0.15) is 0 Å². The minimum atomic E-state index is -1.15. The zero-order valence-corrected chi connectivity index (χ0v) is 30.7. The van der Waals surface area contributed by atoms with E-state index < -0.39 is 41.0 Å². The van der Waals surface area contributed by atoms with Gasteiger partial charge in [-0.3, -0.25) is 9.59 Å². The second-order valence-electron chi connectivity index (χ2n) is 14.7. The number of benzene rings is 4. The van der Waals surface area contributed by atoms with Gasteiger partial charge in [-0.15, -0.1) is 0 Å². The Morgan fingerprint density at radius 1 is 1.00 bits per heavy atom. The van der Waals surface area contributed by atoms with Crippen molar-refractivity contribution in [1.82, 2.24) is 5.32 Å². The van der Waals surface area contributed by atoms with Crippen LogP contribution < -0.4 is 20.3 Å². The summed E-state index contributed by atoms with van der Waals surface area (Å²) in [5.41, 5.74) is 2.53. The first-order valence-electron chi connectivity index (χ1n) is 16.9. The zero-order chi connectivity index (χ0) is 37.5. The number of nitrogens with one attached hydrogen (secondary N) is 2. The van der Waals surface area contributed by atoms with Crippen LogP contribution in [0.5, 0.6) is 5.75 Å². The molecule has 1 saturated heterocycles. The molecule has 2 heterocycles. The number of anilines is 2. The molecule has 4 atom stereocenters. The van der Waals surface area contributed by atoms with E-state index in [1.54, 1.807) is 24.3 Å². The molecule has 0 radical (unpaired) electrons. The van der Waals surface area contributed by atoms with Crippen LogP contribution in [-0.2, 0) is 28.0 Å². The smallest absolute Gasteiger partial charge is 0.335 e. The zero-order valence-electron chi connectivity index (χ0n) is 29.2. The van der Waals surface area contributed by atoms with Gasteiger partial charge < -0.3 is 30.5 Å². The Kier molecular flexibility index (Phi) is 10.3. The molecular formula is C40H40Cl2FN3O6. The molecule has 0 saturated carbocycles. The van der Waals surface area contributed by atoms with Gasteiger partial charge in [-0.05, 0) is 70.5 Å². The fraction of sp³-hybridized carbons (Fsp3) is 0.325. The Morgan fingerprint density at radius 3 is 2.40 bits per heavy atom. The largest absolute Gasteiger partial charge is 0.495 e. The van der Waals surface area contributed by atoms with Crippen molar-refractivity contribution in [3.63, 3.8) is 0 Å². The van der Waals surface area contributed by atoms with Crippen LogP contribution >= 0.6 is 23.2 Å². The number of carboxylic acid groups (broad SMARTS) is 2. The minimum absolute atomic E-state index is 0.0110. The first-order chi connectivity index (χ1) is 24.6. The molecule has 4 aromatic carbocycles. The Morgan fingerprint density at radius 2 is 1.73 bits per heavy atom. The van der Waals surface area contributed by atoms with Gasteiger partial charge >= 0.3 is 11.9 Å². The number of carbonyl (C=O) groups is 3. The molecule has 4 aromatic rings. The molecule has 1 fully saturated rings. The molecule has 52 heavy (non-hydrogen) atoms. The first-order valence-corrected chi connectivity index (χ1v) is 17.6. The van der Waals surface area contributed by atoms with E-state index in [1.165, 1.54) is 31.4 Å². The van der Waals surface area contributed by atoms with Crippen molar-refractivity contribution in [2.75, 3.05) is 23.9 Å². The Labute approximate surface area is 311 Å². The number of hydrogen-bond acceptors (Lipinski definition) is 6. The van der Waals surface area contributed by atoms with E-state index in [0.717, 1.165) is 16.8 Å². The Bertz CT molecular complexity index is 2050. The third-order valence-electron chi connectivity index (χ3n) is 10.1. The lowest BCUT2D eigenvalue weighted by atomic mass is 9.63. The molecule has 9 nitrogen and oxygen atoms in total. The van der Waals surface area contributed by atoms with Crippen LogP contribution in [0.4, 0.5) is 15.8 Å². The fourth-order valence-corrected chi connectivity index (χ4v) is 8.36. The quantitative estimate of drug-likeness (QED) is 0.129. The third kappa shape index (κ3) is 7.07. The predicted molar refractivity (Wildman–Crippen MR) is 199 cm³/mol. The van der Waals surface area contributed by atoms with Crippen LogP contribution in [-0.4, -0.2) is 53.8 Å². The number of hydrogen-bond donors (Lipinski definition) is 4. The lowest BCUT2D eigenvalue weighted by Gasteiger charge is -2.40. The average molecular weight is 749 g/mol. The van der Waals surface area contributed by atoms with Gasteiger partial charge in [-0.25, -0.2) is 9.18 Å². The van der Waals surface area contributed by atoms with Gasteiger partial charge in [0.2, 0.25) is 5.91 Å². The second kappa shape index (κ2) is 14.4. The van der Waals surface area contributed by atoms with Crippen molar-refractivity contribution in [3.05, 3.63) is 123 Å². The summed E-state index contributed by atoms with van der Waals surface area (Å²) in [4.78, 5) is 40.2. The standard InChI is InChI=1S/C40H40Cl2FN3O6/c1-39(2,3)19-32-40(21-46(30-18-25(41)13-14-27(30)40)20-24-9-6-5-8-22(24)17-33(47)48)34(26-10-7-11-28(42)35(26)43)36(45-32)37(49)44-29-15-12-23(38(50)51)16-31(29)52-4/h5-16,18,32,34,36,45H,17,19-21H2,1-4H3,(H,44,49)(H,47,48)(H,50,51)/t32-,34-,36+,40-/m0/s1. The number of amides is 1. The molecule has 1 amide bonds. The van der Waals surface area contributed by atoms with E-state index in [2.05, 4.69) is 36.3 Å². The highest BCUT2D eigenvalue weighted by atomic mass is 35.5. The number of carboxylic acids is 2. The Hall–Kier alpha value is -4.64. The number of aliphatic carboxylic acids is 1. The number of methoxy groups -OCH3 is 1. The van der Waals surface area contributed by atoms with E-state index >= 15 is 4.39 Å². The van der Waals surface area contributed by atoms with Crippen LogP contribution in [0.2, 0.25) is 10.0 Å². The molecule has 12 heteroatoms. The lowest BCUT2D eigenvalue weighted by Crippen LogP contribution is -2.48. The number of carbonyl (C=O) groups excluding carboxylic acids is 1. The Balaban J connectivity index is 1.53. The lowest BCUT2D eigenvalue weighted by molar-refractivity contribution is -0.136. The van der Waals surface area contributed by atoms with Crippen molar-refractivity contribution >= 4 is 52.4 Å². The van der Waals surface area contributed by atoms with Gasteiger partial charge in [0.15, 0.2) is 0 Å². The van der Waals surface area contributed by atoms with Crippen molar-refractivity contribution in [2.45, 2.75) is 63.6 Å². The number of nitrogens with zero attached hydrogens (tertiary/aromatic N) is 1. The van der Waals surface area contributed by atoms with Crippen LogP contribution in [0, 0.1) is 11.2 Å². The van der Waals surface area contributed by atoms with Gasteiger partial charge in [0.05, 0.1) is 35.8 Å². The summed E-state index contributed by atoms with van der Waals surface area (Å²) in [6.45, 7) is 7.01. The highest BCUT2D eigenvalue weighted by Crippen LogP contribution is 2.58. The fourth-order valence-electron chi connectivity index (χ4n) is 8.02. The van der Waals surface area contributed by atoms with Crippen molar-refractivity contribution in [3.8, 4) is 5.75 Å². The maximum absolute atomic E-state index is 16.5. The highest BCUT2D eigenvalue weighted by Gasteiger charge is 2.63. The minimum Gasteiger partial charge on any atom is -0.495 e. The van der Waals surface area contributed by atoms with E-state index in [4.69, 9.17) is 27.9 Å². The summed E-state index contributed by atoms with van der Waals surface area (Å²) in [5, 5.41) is 26.2. The second-order valence-corrected chi connectivity index (χ2v) is 15.5. The maximum atomic E-state index is 16.5. The van der Waals surface area contributed by atoms with E-state index in [1.807, 2.05) is 30.3 Å². The maximum Gasteiger partial charge on any atom is 0.335 e. The van der Waals surface area contributed by atoms with E-state index in [-0.39, 0.29) is 45.5 Å². The number of fused-ring (bicyclic) bond motifs is 2. The van der Waals surface area contributed by atoms with E-state index in [0.29, 0.717) is 30.1 Å². The molecule has 0 bridgehead atoms. The van der Waals surface area contributed by atoms with Gasteiger partial charge in [0.1, 0.15) is 11.6 Å². The number of halogens is 3. The molecule has 6 rings (SSSR count). The molecule has 4 N–H and O–H groups in total. The summed E-state index contributed by atoms with van der Waals surface area (Å²) in [7, 11) is 1.38. The average Bonchev–Trinajstić information content (AvgIpc) is 3.56. The first kappa shape index (κ1) is 37.1. The summed E-state index contributed by atoms with van der Waals surface area (Å²) >= 11 is 13.1. The predicted octanol–water partition coefficient (Wildman–Crippen LogP) is 7.92. The molecule has 0 unspecified atom stereocenters. The molecule has 2 aliphatic rings. The van der Waals surface area contributed by atoms with Crippen LogP contribution in [0.15, 0.2) is 78.9 Å². The monoisotopic (exact) mass is 747 g/mol. The van der Waals surface area contributed by atoms with Crippen molar-refractivity contribution < 1.29 is 33.7 Å². The highest BCUT2D eigenvalue weighted by molar-refractivity contribution is 6.31. The van der Waals surface area contributed by atoms with Crippen LogP contribution in [0.1, 0.15) is 65.7 Å². The van der Waals surface area contributed by atoms with Gasteiger partial charge in [0.25, 0.3) is 0 Å². The molecule has 0 aromatic heterocycles. The van der Waals surface area contributed by atoms with Crippen molar-refractivity contribution in [2.24, 2.45) is 5.41 Å². The van der Waals surface area contributed by atoms with Gasteiger partial charge in [-0.1, -0.05) is 86.4 Å².